The number of alkyl halides is 1. The van der Waals surface area contributed by atoms with Crippen molar-refractivity contribution in [2.45, 2.75) is 25.2 Å². The Morgan fingerprint density at radius 3 is 2.53 bits per heavy atom. The largest absolute Gasteiger partial charge is 0.507 e. The minimum absolute atomic E-state index is 0.0150. The number of carbonyl (C=O) groups excluding carboxylic acids is 1. The number of hydrogen-bond acceptors (Lipinski definition) is 2. The van der Waals surface area contributed by atoms with E-state index in [0.29, 0.717) is 5.88 Å². The summed E-state index contributed by atoms with van der Waals surface area (Å²) in [6.07, 6.45) is 0.766. The molecule has 4 aromatic rings. The maximum Gasteiger partial charge on any atom is 0.232 e. The predicted octanol–water partition coefficient (Wildman–Crippen LogP) is 6.98. The monoisotopic (exact) mass is 465 g/mol. The Kier molecular flexibility index (Phi) is 4.96. The van der Waals surface area contributed by atoms with E-state index in [1.807, 2.05) is 54.6 Å². The quantitative estimate of drug-likeness (QED) is 0.319. The minimum Gasteiger partial charge on any atom is -0.507 e. The average molecular weight is 466 g/mol. The number of benzene rings is 4. The number of fused-ring (bicyclic) bond motifs is 3. The lowest BCUT2D eigenvalue weighted by molar-refractivity contribution is -0.117. The first kappa shape index (κ1) is 21.0. The number of phenolic OH excluding ortho intramolecular Hbond substituents is 1. The number of rotatable bonds is 4. The maximum atomic E-state index is 13.3. The van der Waals surface area contributed by atoms with Crippen LogP contribution in [0, 0.1) is 0 Å². The molecule has 0 radical (unpaired) electrons. The molecule has 0 aromatic heterocycles. The lowest BCUT2D eigenvalue weighted by Gasteiger charge is -2.21. The fourth-order valence-corrected chi connectivity index (χ4v) is 5.99. The van der Waals surface area contributed by atoms with Crippen LogP contribution in [-0.2, 0) is 11.2 Å². The standard InChI is InChI=1S/C30H24ClNO2/c1-17-26(23-12-11-19-6-2-3-7-20(19)29(23)33)21-8-4-5-9-22(21)27(17)28-24-16-18(14-15-31)10-13-25(24)32-30(28)34/h2-13,16,27-28,33H,14-15H2,1H3,(H,32,34). The van der Waals surface area contributed by atoms with E-state index >= 15 is 0 Å². The number of aryl methyl sites for hydroxylation is 1. The Labute approximate surface area is 203 Å². The zero-order valence-electron chi connectivity index (χ0n) is 18.8. The number of allylic oxidation sites excluding steroid dienone is 1. The molecular formula is C30H24ClNO2. The highest BCUT2D eigenvalue weighted by molar-refractivity contribution is 6.18. The van der Waals surface area contributed by atoms with Crippen molar-refractivity contribution in [3.8, 4) is 5.75 Å². The first-order chi connectivity index (χ1) is 16.6. The van der Waals surface area contributed by atoms with Crippen molar-refractivity contribution in [3.05, 3.63) is 112 Å². The number of halogens is 1. The summed E-state index contributed by atoms with van der Waals surface area (Å²) >= 11 is 6.00. The van der Waals surface area contributed by atoms with E-state index in [-0.39, 0.29) is 23.5 Å². The number of phenols is 1. The van der Waals surface area contributed by atoms with Gasteiger partial charge in [0.05, 0.1) is 5.92 Å². The van der Waals surface area contributed by atoms with Gasteiger partial charge in [-0.1, -0.05) is 78.4 Å². The fourth-order valence-electron chi connectivity index (χ4n) is 5.77. The van der Waals surface area contributed by atoms with Crippen molar-refractivity contribution < 1.29 is 9.90 Å². The minimum atomic E-state index is -0.327. The van der Waals surface area contributed by atoms with Gasteiger partial charge >= 0.3 is 0 Å². The van der Waals surface area contributed by atoms with Crippen molar-refractivity contribution in [2.24, 2.45) is 0 Å². The Morgan fingerprint density at radius 2 is 1.68 bits per heavy atom. The molecule has 0 spiro atoms. The third kappa shape index (κ3) is 3.08. The first-order valence-corrected chi connectivity index (χ1v) is 12.1. The Morgan fingerprint density at radius 1 is 0.882 bits per heavy atom. The first-order valence-electron chi connectivity index (χ1n) is 11.6. The van der Waals surface area contributed by atoms with E-state index in [9.17, 15) is 9.90 Å². The van der Waals surface area contributed by atoms with E-state index in [2.05, 4.69) is 36.5 Å². The number of aromatic hydroxyl groups is 1. The number of hydrogen-bond donors (Lipinski definition) is 2. The molecular weight excluding hydrogens is 442 g/mol. The van der Waals surface area contributed by atoms with Crippen LogP contribution >= 0.6 is 11.6 Å². The molecule has 6 rings (SSSR count). The van der Waals surface area contributed by atoms with Crippen molar-refractivity contribution in [1.82, 2.24) is 0 Å². The SMILES string of the molecule is CC1=C(c2ccc3ccccc3c2O)c2ccccc2C1C1C(=O)Nc2ccc(CCCl)cc21. The van der Waals surface area contributed by atoms with Gasteiger partial charge in [0.25, 0.3) is 0 Å². The van der Waals surface area contributed by atoms with Crippen molar-refractivity contribution in [1.29, 1.82) is 0 Å². The molecule has 4 heteroatoms. The highest BCUT2D eigenvalue weighted by atomic mass is 35.5. The smallest absolute Gasteiger partial charge is 0.232 e. The van der Waals surface area contributed by atoms with Crippen LogP contribution in [0.5, 0.6) is 5.75 Å². The van der Waals surface area contributed by atoms with Crippen LogP contribution in [-0.4, -0.2) is 16.9 Å². The molecule has 2 aliphatic rings. The fraction of sp³-hybridized carbons (Fsp3) is 0.167. The lowest BCUT2D eigenvalue weighted by Crippen LogP contribution is -2.19. The molecule has 2 atom stereocenters. The Bertz CT molecular complexity index is 1500. The molecule has 168 valence electrons. The zero-order valence-corrected chi connectivity index (χ0v) is 19.6. The van der Waals surface area contributed by atoms with Gasteiger partial charge < -0.3 is 10.4 Å². The van der Waals surface area contributed by atoms with E-state index < -0.39 is 0 Å². The van der Waals surface area contributed by atoms with Gasteiger partial charge in [0.15, 0.2) is 0 Å². The van der Waals surface area contributed by atoms with Crippen LogP contribution in [0.15, 0.2) is 84.4 Å². The number of anilines is 1. The Hall–Kier alpha value is -3.56. The van der Waals surface area contributed by atoms with Gasteiger partial charge in [0.2, 0.25) is 5.91 Å². The van der Waals surface area contributed by atoms with Crippen molar-refractivity contribution >= 4 is 39.5 Å². The third-order valence-electron chi connectivity index (χ3n) is 7.30. The number of carbonyl (C=O) groups is 1. The summed E-state index contributed by atoms with van der Waals surface area (Å²) in [6, 6.07) is 26.3. The van der Waals surface area contributed by atoms with E-state index in [4.69, 9.17) is 11.6 Å². The van der Waals surface area contributed by atoms with Crippen LogP contribution in [0.4, 0.5) is 5.69 Å². The highest BCUT2D eigenvalue weighted by Crippen LogP contribution is 2.55. The summed E-state index contributed by atoms with van der Waals surface area (Å²) in [5.41, 5.74) is 8.16. The lowest BCUT2D eigenvalue weighted by atomic mass is 9.80. The van der Waals surface area contributed by atoms with Gasteiger partial charge in [-0.15, -0.1) is 11.6 Å². The van der Waals surface area contributed by atoms with Gasteiger partial charge in [-0.05, 0) is 52.6 Å². The van der Waals surface area contributed by atoms with Crippen LogP contribution in [0.2, 0.25) is 0 Å². The molecule has 1 aliphatic heterocycles. The summed E-state index contributed by atoms with van der Waals surface area (Å²) in [6.45, 7) is 2.10. The normalized spacial score (nSPS) is 18.8. The summed E-state index contributed by atoms with van der Waals surface area (Å²) < 4.78 is 0. The van der Waals surface area contributed by atoms with E-state index in [1.165, 1.54) is 0 Å². The molecule has 2 N–H and O–H groups in total. The molecule has 1 amide bonds. The molecule has 0 saturated carbocycles. The molecule has 0 bridgehead atoms. The van der Waals surface area contributed by atoms with Crippen molar-refractivity contribution in [2.75, 3.05) is 11.2 Å². The summed E-state index contributed by atoms with van der Waals surface area (Å²) in [7, 11) is 0. The average Bonchev–Trinajstić information content (AvgIpc) is 3.32. The van der Waals surface area contributed by atoms with E-state index in [0.717, 1.165) is 61.8 Å². The summed E-state index contributed by atoms with van der Waals surface area (Å²) in [4.78, 5) is 13.3. The van der Waals surface area contributed by atoms with Gasteiger partial charge in [-0.2, -0.15) is 0 Å². The molecule has 2 unspecified atom stereocenters. The second-order valence-corrected chi connectivity index (χ2v) is 9.51. The highest BCUT2D eigenvalue weighted by Gasteiger charge is 2.43. The number of nitrogens with one attached hydrogen (secondary N) is 1. The number of amides is 1. The third-order valence-corrected chi connectivity index (χ3v) is 7.49. The van der Waals surface area contributed by atoms with Gasteiger partial charge in [-0.25, -0.2) is 0 Å². The maximum absolute atomic E-state index is 13.3. The molecule has 0 saturated heterocycles. The summed E-state index contributed by atoms with van der Waals surface area (Å²) in [5, 5.41) is 16.2. The van der Waals surface area contributed by atoms with Gasteiger partial charge in [0.1, 0.15) is 5.75 Å². The van der Waals surface area contributed by atoms with Crippen LogP contribution in [0.3, 0.4) is 0 Å². The van der Waals surface area contributed by atoms with Gasteiger partial charge in [0, 0.05) is 28.4 Å². The van der Waals surface area contributed by atoms with Crippen LogP contribution < -0.4 is 5.32 Å². The predicted molar refractivity (Wildman–Crippen MR) is 139 cm³/mol. The molecule has 1 heterocycles. The van der Waals surface area contributed by atoms with Crippen LogP contribution in [0.25, 0.3) is 16.3 Å². The second kappa shape index (κ2) is 8.03. The molecule has 4 aromatic carbocycles. The molecule has 0 fully saturated rings. The molecule has 3 nitrogen and oxygen atoms in total. The molecule has 34 heavy (non-hydrogen) atoms. The molecule has 1 aliphatic carbocycles. The van der Waals surface area contributed by atoms with Crippen LogP contribution in [0.1, 0.15) is 46.6 Å². The van der Waals surface area contributed by atoms with Gasteiger partial charge in [-0.3, -0.25) is 4.79 Å². The zero-order chi connectivity index (χ0) is 23.4. The second-order valence-electron chi connectivity index (χ2n) is 9.13. The Balaban J connectivity index is 1.55. The van der Waals surface area contributed by atoms with Crippen molar-refractivity contribution in [3.63, 3.8) is 0 Å². The van der Waals surface area contributed by atoms with E-state index in [1.54, 1.807) is 0 Å². The summed E-state index contributed by atoms with van der Waals surface area (Å²) in [5.74, 6) is 0.405. The topological polar surface area (TPSA) is 49.3 Å².